The highest BCUT2D eigenvalue weighted by atomic mass is 19.1. The molecule has 0 radical (unpaired) electrons. The first-order valence-electron chi connectivity index (χ1n) is 7.25. The highest BCUT2D eigenvalue weighted by molar-refractivity contribution is 5.97. The van der Waals surface area contributed by atoms with Gasteiger partial charge in [0, 0.05) is 11.6 Å². The van der Waals surface area contributed by atoms with E-state index in [0.717, 1.165) is 12.8 Å². The molecule has 114 valence electrons. The molecule has 0 aromatic heterocycles. The molecule has 0 aliphatic heterocycles. The smallest absolute Gasteiger partial charge is 0.335 e. The molecule has 1 amide bonds. The van der Waals surface area contributed by atoms with Gasteiger partial charge in [0.15, 0.2) is 0 Å². The molecule has 1 aliphatic rings. The zero-order valence-corrected chi connectivity index (χ0v) is 12.0. The SMILES string of the molecule is CC(NC(=O)c1cccc(C(=O)O)c1)C1CCC(F)CC1. The van der Waals surface area contributed by atoms with Crippen LogP contribution in [0.5, 0.6) is 0 Å². The van der Waals surface area contributed by atoms with Crippen molar-refractivity contribution in [3.63, 3.8) is 0 Å². The molecule has 1 aromatic rings. The number of hydrogen-bond donors (Lipinski definition) is 2. The van der Waals surface area contributed by atoms with E-state index in [1.54, 1.807) is 12.1 Å². The Balaban J connectivity index is 1.97. The Morgan fingerprint density at radius 1 is 1.24 bits per heavy atom. The highest BCUT2D eigenvalue weighted by Crippen LogP contribution is 2.28. The average molecular weight is 293 g/mol. The summed E-state index contributed by atoms with van der Waals surface area (Å²) in [4.78, 5) is 23.1. The normalized spacial score (nSPS) is 23.3. The lowest BCUT2D eigenvalue weighted by atomic mass is 9.83. The van der Waals surface area contributed by atoms with E-state index in [-0.39, 0.29) is 23.4 Å². The predicted octanol–water partition coefficient (Wildman–Crippen LogP) is 3.03. The van der Waals surface area contributed by atoms with Crippen LogP contribution in [0.25, 0.3) is 0 Å². The van der Waals surface area contributed by atoms with Crippen molar-refractivity contribution in [2.75, 3.05) is 0 Å². The Kier molecular flexibility index (Phi) is 4.94. The molecule has 0 heterocycles. The van der Waals surface area contributed by atoms with Crippen LogP contribution in [0.2, 0.25) is 0 Å². The lowest BCUT2D eigenvalue weighted by molar-refractivity contribution is 0.0697. The minimum atomic E-state index is -1.06. The van der Waals surface area contributed by atoms with Gasteiger partial charge in [-0.05, 0) is 56.7 Å². The first-order valence-corrected chi connectivity index (χ1v) is 7.25. The van der Waals surface area contributed by atoms with E-state index in [2.05, 4.69) is 5.32 Å². The summed E-state index contributed by atoms with van der Waals surface area (Å²) in [5.41, 5.74) is 0.425. The Hall–Kier alpha value is -1.91. The lowest BCUT2D eigenvalue weighted by Crippen LogP contribution is -2.39. The van der Waals surface area contributed by atoms with E-state index < -0.39 is 12.1 Å². The number of nitrogens with one attached hydrogen (secondary N) is 1. The number of halogens is 1. The topological polar surface area (TPSA) is 66.4 Å². The minimum absolute atomic E-state index is 0.0431. The molecule has 1 atom stereocenters. The van der Waals surface area contributed by atoms with E-state index in [1.807, 2.05) is 6.92 Å². The quantitative estimate of drug-likeness (QED) is 0.896. The van der Waals surface area contributed by atoms with Crippen LogP contribution < -0.4 is 5.32 Å². The minimum Gasteiger partial charge on any atom is -0.478 e. The van der Waals surface area contributed by atoms with Gasteiger partial charge in [-0.15, -0.1) is 0 Å². The van der Waals surface area contributed by atoms with Gasteiger partial charge in [0.1, 0.15) is 6.17 Å². The third-order valence-electron chi connectivity index (χ3n) is 4.14. The average Bonchev–Trinajstić information content (AvgIpc) is 2.48. The van der Waals surface area contributed by atoms with Gasteiger partial charge in [-0.1, -0.05) is 6.07 Å². The standard InChI is InChI=1S/C16H20FNO3/c1-10(11-5-7-14(17)8-6-11)18-15(19)12-3-2-4-13(9-12)16(20)21/h2-4,9-11,14H,5-8H2,1H3,(H,18,19)(H,20,21). The molecule has 1 saturated carbocycles. The molecule has 1 unspecified atom stereocenters. The fourth-order valence-electron chi connectivity index (χ4n) is 2.78. The van der Waals surface area contributed by atoms with E-state index >= 15 is 0 Å². The first-order chi connectivity index (χ1) is 9.97. The number of hydrogen-bond acceptors (Lipinski definition) is 2. The molecule has 5 heteroatoms. The largest absolute Gasteiger partial charge is 0.478 e. The summed E-state index contributed by atoms with van der Waals surface area (Å²) in [5.74, 6) is -1.06. The summed E-state index contributed by atoms with van der Waals surface area (Å²) in [5, 5.41) is 11.8. The summed E-state index contributed by atoms with van der Waals surface area (Å²) in [6, 6.07) is 5.91. The third-order valence-corrected chi connectivity index (χ3v) is 4.14. The first kappa shape index (κ1) is 15.5. The second kappa shape index (κ2) is 6.70. The van der Waals surface area contributed by atoms with Gasteiger partial charge in [-0.3, -0.25) is 4.79 Å². The molecule has 1 aliphatic carbocycles. The maximum Gasteiger partial charge on any atom is 0.335 e. The maximum absolute atomic E-state index is 13.1. The molecule has 0 spiro atoms. The zero-order valence-electron chi connectivity index (χ0n) is 12.0. The summed E-state index contributed by atoms with van der Waals surface area (Å²) in [7, 11) is 0. The van der Waals surface area contributed by atoms with E-state index in [4.69, 9.17) is 5.11 Å². The number of carboxylic acids is 1. The van der Waals surface area contributed by atoms with Crippen LogP contribution in [-0.4, -0.2) is 29.2 Å². The second-order valence-electron chi connectivity index (χ2n) is 5.66. The number of carboxylic acid groups (broad SMARTS) is 1. The fourth-order valence-corrected chi connectivity index (χ4v) is 2.78. The number of alkyl halides is 1. The van der Waals surface area contributed by atoms with Gasteiger partial charge in [-0.25, -0.2) is 9.18 Å². The number of aromatic carboxylic acids is 1. The maximum atomic E-state index is 13.1. The van der Waals surface area contributed by atoms with E-state index in [9.17, 15) is 14.0 Å². The van der Waals surface area contributed by atoms with Crippen molar-refractivity contribution in [2.45, 2.75) is 44.8 Å². The molecule has 0 saturated heterocycles. The van der Waals surface area contributed by atoms with Gasteiger partial charge in [0.2, 0.25) is 0 Å². The molecule has 21 heavy (non-hydrogen) atoms. The Morgan fingerprint density at radius 3 is 2.48 bits per heavy atom. The van der Waals surface area contributed by atoms with Crippen LogP contribution in [0.4, 0.5) is 4.39 Å². The van der Waals surface area contributed by atoms with Crippen molar-refractivity contribution in [3.05, 3.63) is 35.4 Å². The lowest BCUT2D eigenvalue weighted by Gasteiger charge is -2.29. The summed E-state index contributed by atoms with van der Waals surface area (Å²) in [6.07, 6.45) is 1.95. The number of carbonyl (C=O) groups excluding carboxylic acids is 1. The predicted molar refractivity (Wildman–Crippen MR) is 77.2 cm³/mol. The van der Waals surface area contributed by atoms with Crippen LogP contribution in [0, 0.1) is 5.92 Å². The van der Waals surface area contributed by atoms with Gasteiger partial charge in [-0.2, -0.15) is 0 Å². The molecule has 1 fully saturated rings. The zero-order chi connectivity index (χ0) is 15.4. The Bertz CT molecular complexity index is 524. The van der Waals surface area contributed by atoms with Crippen LogP contribution in [0.1, 0.15) is 53.3 Å². The van der Waals surface area contributed by atoms with Crippen molar-refractivity contribution >= 4 is 11.9 Å². The molecule has 2 rings (SSSR count). The summed E-state index contributed by atoms with van der Waals surface area (Å²) >= 11 is 0. The second-order valence-corrected chi connectivity index (χ2v) is 5.66. The number of carbonyl (C=O) groups is 2. The highest BCUT2D eigenvalue weighted by Gasteiger charge is 2.26. The van der Waals surface area contributed by atoms with Crippen molar-refractivity contribution in [2.24, 2.45) is 5.92 Å². The third kappa shape index (κ3) is 4.03. The van der Waals surface area contributed by atoms with Gasteiger partial charge >= 0.3 is 5.97 Å². The molecular weight excluding hydrogens is 273 g/mol. The molecular formula is C16H20FNO3. The molecule has 2 N–H and O–H groups in total. The summed E-state index contributed by atoms with van der Waals surface area (Å²) in [6.45, 7) is 1.92. The molecule has 4 nitrogen and oxygen atoms in total. The van der Waals surface area contributed by atoms with Crippen molar-refractivity contribution < 1.29 is 19.1 Å². The van der Waals surface area contributed by atoms with Crippen molar-refractivity contribution in [1.82, 2.24) is 5.32 Å². The number of amides is 1. The molecule has 0 bridgehead atoms. The summed E-state index contributed by atoms with van der Waals surface area (Å²) < 4.78 is 13.1. The van der Waals surface area contributed by atoms with Crippen LogP contribution in [0.15, 0.2) is 24.3 Å². The monoisotopic (exact) mass is 293 g/mol. The van der Waals surface area contributed by atoms with Crippen LogP contribution in [0.3, 0.4) is 0 Å². The van der Waals surface area contributed by atoms with Crippen LogP contribution >= 0.6 is 0 Å². The van der Waals surface area contributed by atoms with Crippen molar-refractivity contribution in [3.8, 4) is 0 Å². The van der Waals surface area contributed by atoms with Crippen LogP contribution in [-0.2, 0) is 0 Å². The van der Waals surface area contributed by atoms with Gasteiger partial charge < -0.3 is 10.4 Å². The number of benzene rings is 1. The van der Waals surface area contributed by atoms with E-state index in [0.29, 0.717) is 18.4 Å². The fraction of sp³-hybridized carbons (Fsp3) is 0.500. The van der Waals surface area contributed by atoms with E-state index in [1.165, 1.54) is 12.1 Å². The van der Waals surface area contributed by atoms with Gasteiger partial charge in [0.25, 0.3) is 5.91 Å². The molecule has 1 aromatic carbocycles. The number of rotatable bonds is 4. The Labute approximate surface area is 123 Å². The van der Waals surface area contributed by atoms with Gasteiger partial charge in [0.05, 0.1) is 5.56 Å². The Morgan fingerprint density at radius 2 is 1.86 bits per heavy atom. The van der Waals surface area contributed by atoms with Crippen molar-refractivity contribution in [1.29, 1.82) is 0 Å².